The van der Waals surface area contributed by atoms with Crippen molar-refractivity contribution in [2.75, 3.05) is 13.2 Å². The van der Waals surface area contributed by atoms with Gasteiger partial charge in [0, 0.05) is 21.2 Å². The van der Waals surface area contributed by atoms with Crippen LogP contribution in [0.1, 0.15) is 35.3 Å². The summed E-state index contributed by atoms with van der Waals surface area (Å²) in [7, 11) is 0. The second-order valence-electron chi connectivity index (χ2n) is 6.94. The van der Waals surface area contributed by atoms with Crippen molar-refractivity contribution >= 4 is 57.9 Å². The number of amides is 1. The van der Waals surface area contributed by atoms with E-state index in [1.165, 1.54) is 0 Å². The van der Waals surface area contributed by atoms with Crippen molar-refractivity contribution < 1.29 is 19.0 Å². The van der Waals surface area contributed by atoms with E-state index in [4.69, 9.17) is 37.4 Å². The number of benzene rings is 3. The van der Waals surface area contributed by atoms with Gasteiger partial charge in [0.1, 0.15) is 12.4 Å². The van der Waals surface area contributed by atoms with Crippen molar-refractivity contribution in [3.63, 3.8) is 0 Å². The number of hydrogen-bond donors (Lipinski definition) is 1. The maximum absolute atomic E-state index is 12.3. The van der Waals surface area contributed by atoms with Crippen molar-refractivity contribution in [3.8, 4) is 17.2 Å². The van der Waals surface area contributed by atoms with Crippen LogP contribution >= 0.6 is 45.8 Å². The summed E-state index contributed by atoms with van der Waals surface area (Å²) in [6, 6.07) is 15.8. The Balaban J connectivity index is 1.69. The van der Waals surface area contributed by atoms with E-state index in [0.717, 1.165) is 14.7 Å². The van der Waals surface area contributed by atoms with Gasteiger partial charge in [-0.15, -0.1) is 0 Å². The number of hydrazone groups is 1. The summed E-state index contributed by atoms with van der Waals surface area (Å²) < 4.78 is 18.0. The molecule has 1 N–H and O–H groups in total. The number of halogens is 3. The number of carbonyl (C=O) groups excluding carboxylic acids is 1. The molecule has 0 unspecified atom stereocenters. The first-order valence-electron chi connectivity index (χ1n) is 10.5. The van der Waals surface area contributed by atoms with Gasteiger partial charge in [-0.3, -0.25) is 4.79 Å². The largest absolute Gasteiger partial charge is 0.494 e. The molecule has 34 heavy (non-hydrogen) atoms. The van der Waals surface area contributed by atoms with Gasteiger partial charge in [-0.25, -0.2) is 5.43 Å². The highest BCUT2D eigenvalue weighted by molar-refractivity contribution is 14.1. The lowest BCUT2D eigenvalue weighted by Gasteiger charge is -2.15. The lowest BCUT2D eigenvalue weighted by Crippen LogP contribution is -2.17. The molecule has 0 bridgehead atoms. The van der Waals surface area contributed by atoms with E-state index in [2.05, 4.69) is 33.1 Å². The standard InChI is InChI=1S/C25H23Cl2IN2O4/c1-3-32-20-9-6-17(7-10-20)25(31)30-29-14-16-11-22(28)24(23(12-16)33-4-2)34-15-18-5-8-19(26)13-21(18)27/h5-14H,3-4,15H2,1-2H3,(H,30,31)/b29-14-. The van der Waals surface area contributed by atoms with Crippen LogP contribution in [0.4, 0.5) is 0 Å². The molecule has 0 saturated carbocycles. The summed E-state index contributed by atoms with van der Waals surface area (Å²) in [6.07, 6.45) is 1.55. The van der Waals surface area contributed by atoms with Crippen molar-refractivity contribution in [3.05, 3.63) is 84.9 Å². The molecule has 0 aromatic heterocycles. The maximum atomic E-state index is 12.3. The third-order valence-corrected chi connectivity index (χ3v) is 5.91. The molecule has 3 aromatic carbocycles. The molecule has 0 aliphatic rings. The lowest BCUT2D eigenvalue weighted by atomic mass is 10.2. The second kappa shape index (κ2) is 12.8. The molecule has 0 saturated heterocycles. The van der Waals surface area contributed by atoms with Crippen molar-refractivity contribution in [2.45, 2.75) is 20.5 Å². The zero-order valence-corrected chi connectivity index (χ0v) is 22.3. The Kier molecular flexibility index (Phi) is 9.86. The zero-order valence-electron chi connectivity index (χ0n) is 18.6. The molecule has 3 aromatic rings. The second-order valence-corrected chi connectivity index (χ2v) is 8.95. The van der Waals surface area contributed by atoms with E-state index in [9.17, 15) is 4.79 Å². The van der Waals surface area contributed by atoms with E-state index < -0.39 is 0 Å². The minimum atomic E-state index is -0.321. The minimum absolute atomic E-state index is 0.262. The molecular weight excluding hydrogens is 590 g/mol. The summed E-state index contributed by atoms with van der Waals surface area (Å²) in [5.74, 6) is 1.56. The average Bonchev–Trinajstić information content (AvgIpc) is 2.80. The molecule has 0 aliphatic carbocycles. The minimum Gasteiger partial charge on any atom is -0.494 e. The third kappa shape index (κ3) is 7.25. The Morgan fingerprint density at radius 3 is 2.41 bits per heavy atom. The van der Waals surface area contributed by atoms with Crippen molar-refractivity contribution in [1.29, 1.82) is 0 Å². The molecule has 0 fully saturated rings. The van der Waals surface area contributed by atoms with E-state index in [-0.39, 0.29) is 12.5 Å². The molecule has 0 atom stereocenters. The average molecular weight is 613 g/mol. The first kappa shape index (κ1) is 26.1. The normalized spacial score (nSPS) is 10.9. The fourth-order valence-electron chi connectivity index (χ4n) is 2.95. The number of nitrogens with zero attached hydrogens (tertiary/aromatic N) is 1. The van der Waals surface area contributed by atoms with Crippen LogP contribution in [0.3, 0.4) is 0 Å². The van der Waals surface area contributed by atoms with E-state index in [0.29, 0.717) is 46.1 Å². The van der Waals surface area contributed by atoms with Crippen LogP contribution in [0, 0.1) is 3.57 Å². The van der Waals surface area contributed by atoms with Crippen LogP contribution in [0.15, 0.2) is 59.7 Å². The summed E-state index contributed by atoms with van der Waals surface area (Å²) in [5.41, 5.74) is 4.57. The highest BCUT2D eigenvalue weighted by Gasteiger charge is 2.13. The Labute approximate surface area is 222 Å². The summed E-state index contributed by atoms with van der Waals surface area (Å²) in [5, 5.41) is 5.18. The van der Waals surface area contributed by atoms with Gasteiger partial charge >= 0.3 is 0 Å². The van der Waals surface area contributed by atoms with Gasteiger partial charge in [0.15, 0.2) is 11.5 Å². The Bertz CT molecular complexity index is 1170. The molecule has 6 nitrogen and oxygen atoms in total. The van der Waals surface area contributed by atoms with Crippen molar-refractivity contribution in [2.24, 2.45) is 5.10 Å². The Morgan fingerprint density at radius 2 is 1.74 bits per heavy atom. The molecule has 3 rings (SSSR count). The third-order valence-electron chi connectivity index (χ3n) is 4.53. The van der Waals surface area contributed by atoms with E-state index in [1.54, 1.807) is 48.7 Å². The van der Waals surface area contributed by atoms with Crippen LogP contribution in [0.5, 0.6) is 17.2 Å². The van der Waals surface area contributed by atoms with Gasteiger partial charge in [-0.05, 0) is 90.5 Å². The fourth-order valence-corrected chi connectivity index (χ4v) is 4.20. The molecule has 0 spiro atoms. The number of hydrogen-bond acceptors (Lipinski definition) is 5. The maximum Gasteiger partial charge on any atom is 0.271 e. The monoisotopic (exact) mass is 612 g/mol. The van der Waals surface area contributed by atoms with Crippen LogP contribution in [0.25, 0.3) is 0 Å². The first-order valence-corrected chi connectivity index (χ1v) is 12.3. The smallest absolute Gasteiger partial charge is 0.271 e. The fraction of sp³-hybridized carbons (Fsp3) is 0.200. The van der Waals surface area contributed by atoms with Gasteiger partial charge in [0.05, 0.1) is 23.0 Å². The van der Waals surface area contributed by atoms with Gasteiger partial charge in [0.2, 0.25) is 0 Å². The van der Waals surface area contributed by atoms with E-state index >= 15 is 0 Å². The van der Waals surface area contributed by atoms with Crippen LogP contribution in [-0.2, 0) is 6.61 Å². The molecule has 1 amide bonds. The number of rotatable bonds is 10. The highest BCUT2D eigenvalue weighted by Crippen LogP contribution is 2.35. The zero-order chi connectivity index (χ0) is 24.5. The van der Waals surface area contributed by atoms with Gasteiger partial charge < -0.3 is 14.2 Å². The Hall–Kier alpha value is -2.49. The van der Waals surface area contributed by atoms with Gasteiger partial charge in [0.25, 0.3) is 5.91 Å². The summed E-state index contributed by atoms with van der Waals surface area (Å²) >= 11 is 14.4. The highest BCUT2D eigenvalue weighted by atomic mass is 127. The van der Waals surface area contributed by atoms with Crippen LogP contribution in [0.2, 0.25) is 10.0 Å². The summed E-state index contributed by atoms with van der Waals surface area (Å²) in [6.45, 7) is 5.09. The number of ether oxygens (including phenoxy) is 3. The first-order chi connectivity index (χ1) is 16.4. The summed E-state index contributed by atoms with van der Waals surface area (Å²) in [4.78, 5) is 12.3. The predicted molar refractivity (Wildman–Crippen MR) is 144 cm³/mol. The molecular formula is C25H23Cl2IN2O4. The molecule has 0 aliphatic heterocycles. The Morgan fingerprint density at radius 1 is 1.00 bits per heavy atom. The van der Waals surface area contributed by atoms with Gasteiger partial charge in [-0.1, -0.05) is 29.3 Å². The van der Waals surface area contributed by atoms with Gasteiger partial charge in [-0.2, -0.15) is 5.10 Å². The van der Waals surface area contributed by atoms with E-state index in [1.807, 2.05) is 26.0 Å². The quantitative estimate of drug-likeness (QED) is 0.156. The lowest BCUT2D eigenvalue weighted by molar-refractivity contribution is 0.0955. The number of carbonyl (C=O) groups is 1. The molecule has 0 radical (unpaired) electrons. The van der Waals surface area contributed by atoms with Crippen LogP contribution in [-0.4, -0.2) is 25.3 Å². The molecule has 178 valence electrons. The van der Waals surface area contributed by atoms with Crippen molar-refractivity contribution in [1.82, 2.24) is 5.43 Å². The topological polar surface area (TPSA) is 69.2 Å². The van der Waals surface area contributed by atoms with Crippen LogP contribution < -0.4 is 19.6 Å². The predicted octanol–water partition coefficient (Wildman–Crippen LogP) is 6.74. The number of nitrogens with one attached hydrogen (secondary N) is 1. The molecule has 9 heteroatoms. The molecule has 0 heterocycles. The SMILES string of the molecule is CCOc1ccc(C(=O)N/N=C\c2cc(I)c(OCc3ccc(Cl)cc3Cl)c(OCC)c2)cc1.